The maximum Gasteiger partial charge on any atom is 0.150 e. The molecule has 4 nitrogen and oxygen atoms in total. The minimum Gasteiger partial charge on any atom is -0.493 e. The highest BCUT2D eigenvalue weighted by molar-refractivity contribution is 5.15. The quantitative estimate of drug-likeness (QED) is 0.849. The molecule has 126 valence electrons. The van der Waals surface area contributed by atoms with E-state index in [1.807, 2.05) is 66.7 Å². The van der Waals surface area contributed by atoms with Crippen molar-refractivity contribution in [3.05, 3.63) is 84.1 Å². The molecule has 2 unspecified atom stereocenters. The topological polar surface area (TPSA) is 47.9 Å². The summed E-state index contributed by atoms with van der Waals surface area (Å²) in [6.45, 7) is 0.818. The van der Waals surface area contributed by atoms with Crippen LogP contribution in [-0.2, 0) is 27.4 Å². The standard InChI is InChI=1S/C20H22O4/c21-13-19-20(24-15-17-9-5-2-6-10-17)18(11-12-22-19)23-14-16-7-3-1-4-8-16/h1-12,18-21H,13-15H2/t18-,19?,20?/m1/s1. The van der Waals surface area contributed by atoms with Crippen molar-refractivity contribution in [2.75, 3.05) is 6.61 Å². The third-order valence-electron chi connectivity index (χ3n) is 3.96. The van der Waals surface area contributed by atoms with Gasteiger partial charge in [0.05, 0.1) is 26.1 Å². The van der Waals surface area contributed by atoms with E-state index < -0.39 is 6.10 Å². The van der Waals surface area contributed by atoms with E-state index >= 15 is 0 Å². The fraction of sp³-hybridized carbons (Fsp3) is 0.300. The van der Waals surface area contributed by atoms with Crippen LogP contribution in [-0.4, -0.2) is 30.0 Å². The van der Waals surface area contributed by atoms with Crippen molar-refractivity contribution in [1.29, 1.82) is 0 Å². The van der Waals surface area contributed by atoms with Gasteiger partial charge in [-0.05, 0) is 17.2 Å². The van der Waals surface area contributed by atoms with Crippen LogP contribution in [0.4, 0.5) is 0 Å². The molecule has 0 saturated heterocycles. The lowest BCUT2D eigenvalue weighted by atomic mass is 10.1. The number of rotatable bonds is 7. The molecule has 3 atom stereocenters. The smallest absolute Gasteiger partial charge is 0.150 e. The van der Waals surface area contributed by atoms with E-state index in [1.165, 1.54) is 0 Å². The minimum atomic E-state index is -0.431. The SMILES string of the molecule is OCC1OC=C[C@@H](OCc2ccccc2)C1OCc1ccccc1. The zero-order valence-corrected chi connectivity index (χ0v) is 13.5. The van der Waals surface area contributed by atoms with E-state index in [4.69, 9.17) is 14.2 Å². The fourth-order valence-electron chi connectivity index (χ4n) is 2.66. The molecule has 2 aromatic carbocycles. The van der Waals surface area contributed by atoms with Gasteiger partial charge >= 0.3 is 0 Å². The van der Waals surface area contributed by atoms with Crippen LogP contribution >= 0.6 is 0 Å². The van der Waals surface area contributed by atoms with Gasteiger partial charge in [0.15, 0.2) is 0 Å². The number of aliphatic hydroxyl groups is 1. The highest BCUT2D eigenvalue weighted by Crippen LogP contribution is 2.21. The average molecular weight is 326 g/mol. The van der Waals surface area contributed by atoms with Crippen LogP contribution in [0.5, 0.6) is 0 Å². The lowest BCUT2D eigenvalue weighted by molar-refractivity contribution is -0.140. The van der Waals surface area contributed by atoms with Gasteiger partial charge in [-0.15, -0.1) is 0 Å². The van der Waals surface area contributed by atoms with Crippen molar-refractivity contribution in [3.63, 3.8) is 0 Å². The van der Waals surface area contributed by atoms with Crippen LogP contribution < -0.4 is 0 Å². The first-order valence-electron chi connectivity index (χ1n) is 8.11. The van der Waals surface area contributed by atoms with Gasteiger partial charge < -0.3 is 19.3 Å². The molecule has 0 fully saturated rings. The normalized spacial score (nSPS) is 23.0. The van der Waals surface area contributed by atoms with Crippen LogP contribution in [0.3, 0.4) is 0 Å². The number of hydrogen-bond acceptors (Lipinski definition) is 4. The van der Waals surface area contributed by atoms with Crippen molar-refractivity contribution in [1.82, 2.24) is 0 Å². The highest BCUT2D eigenvalue weighted by Gasteiger charge is 2.33. The lowest BCUT2D eigenvalue weighted by Gasteiger charge is -2.33. The summed E-state index contributed by atoms with van der Waals surface area (Å²) in [6.07, 6.45) is 2.37. The number of ether oxygens (including phenoxy) is 3. The van der Waals surface area contributed by atoms with Gasteiger partial charge in [0.2, 0.25) is 0 Å². The maximum absolute atomic E-state index is 9.57. The first-order valence-corrected chi connectivity index (χ1v) is 8.11. The second-order valence-corrected chi connectivity index (χ2v) is 5.71. The van der Waals surface area contributed by atoms with Gasteiger partial charge in [0, 0.05) is 0 Å². The third-order valence-corrected chi connectivity index (χ3v) is 3.96. The van der Waals surface area contributed by atoms with E-state index in [0.717, 1.165) is 11.1 Å². The molecule has 3 rings (SSSR count). The summed E-state index contributed by atoms with van der Waals surface area (Å²) in [7, 11) is 0. The van der Waals surface area contributed by atoms with Crippen molar-refractivity contribution in [2.24, 2.45) is 0 Å². The molecule has 0 amide bonds. The molecule has 0 spiro atoms. The summed E-state index contributed by atoms with van der Waals surface area (Å²) in [5.41, 5.74) is 2.17. The molecule has 1 heterocycles. The zero-order valence-electron chi connectivity index (χ0n) is 13.5. The van der Waals surface area contributed by atoms with Crippen molar-refractivity contribution in [3.8, 4) is 0 Å². The van der Waals surface area contributed by atoms with Crippen LogP contribution in [0.25, 0.3) is 0 Å². The first kappa shape index (κ1) is 16.7. The molecule has 1 aliphatic rings. The zero-order chi connectivity index (χ0) is 16.6. The van der Waals surface area contributed by atoms with Crippen molar-refractivity contribution in [2.45, 2.75) is 31.5 Å². The van der Waals surface area contributed by atoms with Gasteiger partial charge in [-0.2, -0.15) is 0 Å². The second-order valence-electron chi connectivity index (χ2n) is 5.71. The average Bonchev–Trinajstić information content (AvgIpc) is 2.66. The molecule has 1 N–H and O–H groups in total. The third kappa shape index (κ3) is 4.45. The monoisotopic (exact) mass is 326 g/mol. The fourth-order valence-corrected chi connectivity index (χ4v) is 2.66. The van der Waals surface area contributed by atoms with Gasteiger partial charge in [-0.3, -0.25) is 0 Å². The predicted octanol–water partition coefficient (Wildman–Crippen LogP) is 3.06. The van der Waals surface area contributed by atoms with E-state index in [-0.39, 0.29) is 18.8 Å². The summed E-state index contributed by atoms with van der Waals surface area (Å²) in [6, 6.07) is 19.9. The number of hydrogen-bond donors (Lipinski definition) is 1. The van der Waals surface area contributed by atoms with Crippen LogP contribution in [0, 0.1) is 0 Å². The minimum absolute atomic E-state index is 0.116. The summed E-state index contributed by atoms with van der Waals surface area (Å²) in [4.78, 5) is 0. The molecule has 0 saturated carbocycles. The van der Waals surface area contributed by atoms with E-state index in [1.54, 1.807) is 6.26 Å². The van der Waals surface area contributed by atoms with Crippen molar-refractivity contribution < 1.29 is 19.3 Å². The molecule has 24 heavy (non-hydrogen) atoms. The molecular weight excluding hydrogens is 304 g/mol. The van der Waals surface area contributed by atoms with E-state index in [0.29, 0.717) is 13.2 Å². The Kier molecular flexibility index (Phi) is 6.01. The summed E-state index contributed by atoms with van der Waals surface area (Å²) in [5, 5.41) is 9.57. The van der Waals surface area contributed by atoms with Gasteiger partial charge in [-0.25, -0.2) is 0 Å². The predicted molar refractivity (Wildman–Crippen MR) is 91.1 cm³/mol. The Morgan fingerprint density at radius 3 is 2.00 bits per heavy atom. The first-order chi connectivity index (χ1) is 11.9. The Morgan fingerprint density at radius 2 is 1.42 bits per heavy atom. The van der Waals surface area contributed by atoms with Crippen molar-refractivity contribution >= 4 is 0 Å². The Labute approximate surface area is 142 Å². The van der Waals surface area contributed by atoms with Crippen LogP contribution in [0.2, 0.25) is 0 Å². The molecule has 2 aromatic rings. The molecule has 0 aromatic heterocycles. The summed E-state index contributed by atoms with van der Waals surface area (Å²) < 4.78 is 17.5. The second kappa shape index (κ2) is 8.64. The van der Waals surface area contributed by atoms with Crippen LogP contribution in [0.15, 0.2) is 73.0 Å². The summed E-state index contributed by atoms with van der Waals surface area (Å²) >= 11 is 0. The Morgan fingerprint density at radius 1 is 0.833 bits per heavy atom. The number of aliphatic hydroxyl groups excluding tert-OH is 1. The molecule has 0 bridgehead atoms. The Hall–Kier alpha value is -2.14. The van der Waals surface area contributed by atoms with Crippen LogP contribution in [0.1, 0.15) is 11.1 Å². The van der Waals surface area contributed by atoms with Gasteiger partial charge in [0.1, 0.15) is 18.3 Å². The Bertz CT molecular complexity index is 627. The molecule has 1 aliphatic heterocycles. The Balaban J connectivity index is 1.63. The number of benzene rings is 2. The van der Waals surface area contributed by atoms with Gasteiger partial charge in [-0.1, -0.05) is 60.7 Å². The lowest BCUT2D eigenvalue weighted by Crippen LogP contribution is -2.45. The molecule has 0 aliphatic carbocycles. The van der Waals surface area contributed by atoms with E-state index in [2.05, 4.69) is 0 Å². The molecule has 0 radical (unpaired) electrons. The van der Waals surface area contributed by atoms with E-state index in [9.17, 15) is 5.11 Å². The largest absolute Gasteiger partial charge is 0.493 e. The maximum atomic E-state index is 9.57. The highest BCUT2D eigenvalue weighted by atomic mass is 16.6. The van der Waals surface area contributed by atoms with Gasteiger partial charge in [0.25, 0.3) is 0 Å². The summed E-state index contributed by atoms with van der Waals surface area (Å²) in [5.74, 6) is 0. The molecule has 4 heteroatoms. The molecular formula is C20H22O4.